The lowest BCUT2D eigenvalue weighted by Gasteiger charge is -2.46. The molecular formula is C23H30BrN3O. The molecule has 1 aliphatic heterocycles. The molecule has 3 heterocycles. The van der Waals surface area contributed by atoms with E-state index < -0.39 is 0 Å². The van der Waals surface area contributed by atoms with Gasteiger partial charge in [-0.3, -0.25) is 9.97 Å². The van der Waals surface area contributed by atoms with Crippen LogP contribution in [0.15, 0.2) is 41.1 Å². The van der Waals surface area contributed by atoms with E-state index in [9.17, 15) is 0 Å². The molecule has 28 heavy (non-hydrogen) atoms. The molecule has 4 nitrogen and oxygen atoms in total. The zero-order valence-corrected chi connectivity index (χ0v) is 18.3. The average Bonchev–Trinajstić information content (AvgIpc) is 3.16. The Balaban J connectivity index is 1.45. The molecule has 0 aromatic carbocycles. The van der Waals surface area contributed by atoms with Crippen molar-refractivity contribution in [3.05, 3.63) is 58.1 Å². The Bertz CT molecular complexity index is 792. The van der Waals surface area contributed by atoms with Crippen molar-refractivity contribution in [2.75, 3.05) is 13.2 Å². The second kappa shape index (κ2) is 8.60. The van der Waals surface area contributed by atoms with E-state index >= 15 is 0 Å². The fourth-order valence-corrected chi connectivity index (χ4v) is 5.40. The van der Waals surface area contributed by atoms with Gasteiger partial charge in [0.15, 0.2) is 0 Å². The van der Waals surface area contributed by atoms with E-state index in [1.54, 1.807) is 0 Å². The SMILES string of the molecule is Cc1ncc(CNCC[C@@]2(c3ccccn3)CCOC3(CCCC3)C2)cc1Br. The van der Waals surface area contributed by atoms with Gasteiger partial charge in [0.25, 0.3) is 0 Å². The van der Waals surface area contributed by atoms with Crippen LogP contribution in [0.2, 0.25) is 0 Å². The van der Waals surface area contributed by atoms with E-state index in [0.29, 0.717) is 0 Å². The Kier molecular flexibility index (Phi) is 6.14. The molecule has 5 heteroatoms. The molecule has 1 saturated heterocycles. The first-order valence-corrected chi connectivity index (χ1v) is 11.3. The number of nitrogens with zero attached hydrogens (tertiary/aromatic N) is 2. The summed E-state index contributed by atoms with van der Waals surface area (Å²) in [5.74, 6) is 0. The van der Waals surface area contributed by atoms with Crippen molar-refractivity contribution in [1.82, 2.24) is 15.3 Å². The Labute approximate surface area is 176 Å². The quantitative estimate of drug-likeness (QED) is 0.631. The van der Waals surface area contributed by atoms with Crippen molar-refractivity contribution in [3.8, 4) is 0 Å². The van der Waals surface area contributed by atoms with E-state index in [-0.39, 0.29) is 11.0 Å². The minimum atomic E-state index is 0.0848. The first-order chi connectivity index (χ1) is 13.6. The molecule has 2 aromatic heterocycles. The largest absolute Gasteiger partial charge is 0.375 e. The highest BCUT2D eigenvalue weighted by molar-refractivity contribution is 9.10. The second-order valence-corrected chi connectivity index (χ2v) is 9.35. The molecule has 4 rings (SSSR count). The zero-order valence-electron chi connectivity index (χ0n) is 16.7. The third-order valence-electron chi connectivity index (χ3n) is 6.56. The van der Waals surface area contributed by atoms with Crippen LogP contribution in [0.4, 0.5) is 0 Å². The highest BCUT2D eigenvalue weighted by Crippen LogP contribution is 2.49. The maximum Gasteiger partial charge on any atom is 0.0691 e. The van der Waals surface area contributed by atoms with Crippen LogP contribution in [0.1, 0.15) is 61.9 Å². The highest BCUT2D eigenvalue weighted by Gasteiger charge is 2.48. The van der Waals surface area contributed by atoms with Gasteiger partial charge < -0.3 is 10.1 Å². The van der Waals surface area contributed by atoms with Crippen molar-refractivity contribution in [3.63, 3.8) is 0 Å². The number of hydrogen-bond donors (Lipinski definition) is 1. The Hall–Kier alpha value is -1.30. The lowest BCUT2D eigenvalue weighted by Crippen LogP contribution is -2.47. The van der Waals surface area contributed by atoms with Crippen molar-refractivity contribution < 1.29 is 4.74 Å². The smallest absolute Gasteiger partial charge is 0.0691 e. The topological polar surface area (TPSA) is 47.0 Å². The normalized spacial score (nSPS) is 23.9. The molecule has 1 saturated carbocycles. The monoisotopic (exact) mass is 443 g/mol. The predicted molar refractivity (Wildman–Crippen MR) is 115 cm³/mol. The van der Waals surface area contributed by atoms with E-state index in [0.717, 1.165) is 49.1 Å². The predicted octanol–water partition coefficient (Wildman–Crippen LogP) is 5.09. The highest BCUT2D eigenvalue weighted by atomic mass is 79.9. The summed E-state index contributed by atoms with van der Waals surface area (Å²) in [6.07, 6.45) is 12.2. The summed E-state index contributed by atoms with van der Waals surface area (Å²) < 4.78 is 7.41. The van der Waals surface area contributed by atoms with Gasteiger partial charge in [-0.05, 0) is 85.3 Å². The maximum absolute atomic E-state index is 6.34. The minimum Gasteiger partial charge on any atom is -0.375 e. The number of aromatic nitrogens is 2. The van der Waals surface area contributed by atoms with Crippen LogP contribution in [0, 0.1) is 6.92 Å². The van der Waals surface area contributed by atoms with Gasteiger partial charge in [0.2, 0.25) is 0 Å². The maximum atomic E-state index is 6.34. The second-order valence-electron chi connectivity index (χ2n) is 8.50. The Morgan fingerprint density at radius 1 is 1.18 bits per heavy atom. The molecule has 150 valence electrons. The third kappa shape index (κ3) is 4.32. The van der Waals surface area contributed by atoms with Gasteiger partial charge in [0, 0.05) is 41.1 Å². The van der Waals surface area contributed by atoms with Gasteiger partial charge in [-0.2, -0.15) is 0 Å². The molecule has 1 spiro atoms. The number of aryl methyl sites for hydroxylation is 1. The van der Waals surface area contributed by atoms with Crippen LogP contribution in [-0.2, 0) is 16.7 Å². The molecule has 2 aromatic rings. The number of rotatable bonds is 6. The van der Waals surface area contributed by atoms with Gasteiger partial charge >= 0.3 is 0 Å². The first-order valence-electron chi connectivity index (χ1n) is 10.5. The fraction of sp³-hybridized carbons (Fsp3) is 0.565. The summed E-state index contributed by atoms with van der Waals surface area (Å²) in [7, 11) is 0. The third-order valence-corrected chi connectivity index (χ3v) is 7.37. The van der Waals surface area contributed by atoms with Crippen molar-refractivity contribution in [1.29, 1.82) is 0 Å². The van der Waals surface area contributed by atoms with Crippen molar-refractivity contribution in [2.24, 2.45) is 0 Å². The molecule has 2 aliphatic rings. The number of ether oxygens (including phenoxy) is 1. The molecule has 0 amide bonds. The number of hydrogen-bond acceptors (Lipinski definition) is 4. The van der Waals surface area contributed by atoms with Gasteiger partial charge in [-0.1, -0.05) is 18.9 Å². The summed E-state index contributed by atoms with van der Waals surface area (Å²) in [6, 6.07) is 8.52. The van der Waals surface area contributed by atoms with Crippen LogP contribution in [0.5, 0.6) is 0 Å². The standard InChI is InChI=1S/C23H30BrN3O/c1-18-20(24)14-19(16-27-18)15-25-12-9-22(21-6-2-5-11-26-21)10-13-28-23(17-22)7-3-4-8-23/h2,5-6,11,14,16,25H,3-4,7-10,12-13,15,17H2,1H3/t22-/m1/s1. The summed E-state index contributed by atoms with van der Waals surface area (Å²) in [5, 5.41) is 3.64. The molecule has 0 bridgehead atoms. The van der Waals surface area contributed by atoms with E-state index in [1.807, 2.05) is 25.4 Å². The first kappa shape index (κ1) is 20.0. The number of nitrogens with one attached hydrogen (secondary N) is 1. The fourth-order valence-electron chi connectivity index (χ4n) is 5.00. The van der Waals surface area contributed by atoms with Gasteiger partial charge in [0.05, 0.1) is 11.3 Å². The van der Waals surface area contributed by atoms with Crippen molar-refractivity contribution >= 4 is 15.9 Å². The molecule has 1 N–H and O–H groups in total. The van der Waals surface area contributed by atoms with Crippen LogP contribution < -0.4 is 5.32 Å². The number of halogens is 1. The summed E-state index contributed by atoms with van der Waals surface area (Å²) in [4.78, 5) is 9.23. The molecule has 2 fully saturated rings. The average molecular weight is 444 g/mol. The molecule has 0 radical (unpaired) electrons. The lowest BCUT2D eigenvalue weighted by atomic mass is 9.68. The molecule has 0 unspecified atom stereocenters. The van der Waals surface area contributed by atoms with Crippen LogP contribution in [-0.4, -0.2) is 28.7 Å². The van der Waals surface area contributed by atoms with Crippen molar-refractivity contribution in [2.45, 2.75) is 69.4 Å². The van der Waals surface area contributed by atoms with E-state index in [1.165, 1.54) is 36.9 Å². The summed E-state index contributed by atoms with van der Waals surface area (Å²) in [6.45, 7) is 4.68. The summed E-state index contributed by atoms with van der Waals surface area (Å²) >= 11 is 3.58. The van der Waals surface area contributed by atoms with Gasteiger partial charge in [-0.15, -0.1) is 0 Å². The number of pyridine rings is 2. The molecular weight excluding hydrogens is 414 g/mol. The van der Waals surface area contributed by atoms with Crippen LogP contribution in [0.25, 0.3) is 0 Å². The molecule has 1 atom stereocenters. The zero-order chi connectivity index (χ0) is 19.5. The van der Waals surface area contributed by atoms with Crippen LogP contribution in [0.3, 0.4) is 0 Å². The van der Waals surface area contributed by atoms with Crippen LogP contribution >= 0.6 is 15.9 Å². The van der Waals surface area contributed by atoms with Gasteiger partial charge in [-0.25, -0.2) is 0 Å². The van der Waals surface area contributed by atoms with E-state index in [2.05, 4.69) is 44.4 Å². The Morgan fingerprint density at radius 3 is 2.79 bits per heavy atom. The summed E-state index contributed by atoms with van der Waals surface area (Å²) in [5.41, 5.74) is 3.68. The van der Waals surface area contributed by atoms with Gasteiger partial charge in [0.1, 0.15) is 0 Å². The Morgan fingerprint density at radius 2 is 2.04 bits per heavy atom. The minimum absolute atomic E-state index is 0.0848. The van der Waals surface area contributed by atoms with E-state index in [4.69, 9.17) is 9.72 Å². The lowest BCUT2D eigenvalue weighted by molar-refractivity contribution is -0.104. The molecule has 1 aliphatic carbocycles.